The van der Waals surface area contributed by atoms with Crippen molar-refractivity contribution in [3.05, 3.63) is 205 Å². The van der Waals surface area contributed by atoms with Crippen molar-refractivity contribution in [2.45, 2.75) is 25.6 Å². The number of rotatable bonds is 6. The van der Waals surface area contributed by atoms with Crippen LogP contribution in [0.1, 0.15) is 35.3 Å². The number of aliphatic hydroxyl groups excluding tert-OH is 2. The van der Waals surface area contributed by atoms with E-state index in [1.807, 2.05) is 159 Å². The number of hydrogen-bond donors (Lipinski definition) is 2. The van der Waals surface area contributed by atoms with Gasteiger partial charge < -0.3 is 20.2 Å². The zero-order valence-corrected chi connectivity index (χ0v) is 30.6. The number of aryl methyl sites for hydroxylation is 1. The Balaban J connectivity index is 0.000000147. The van der Waals surface area contributed by atoms with Gasteiger partial charge in [-0.1, -0.05) is 109 Å². The molecular formula is C46H38IrN2O2-2. The van der Waals surface area contributed by atoms with Crippen LogP contribution in [0.5, 0.6) is 0 Å². The van der Waals surface area contributed by atoms with E-state index >= 15 is 0 Å². The standard InChI is InChI=1S/C16H18O2.2C15H10N.Ir/c1-12-7-9-14(10-8-12)16(18)11-15(17)13-5-3-2-4-6-13;2*1-2-7-13(8-3-1)15-14-9-5-4-6-12(14)10-11-16-15;/h2-10,15-18H,11H2,1H3;2*1-7,9-11H;/q;2*-1;. The van der Waals surface area contributed by atoms with Gasteiger partial charge in [0, 0.05) is 38.9 Å². The van der Waals surface area contributed by atoms with E-state index in [-0.39, 0.29) is 20.1 Å². The van der Waals surface area contributed by atoms with Crippen LogP contribution in [0.2, 0.25) is 0 Å². The van der Waals surface area contributed by atoms with E-state index in [0.29, 0.717) is 6.42 Å². The van der Waals surface area contributed by atoms with Crippen LogP contribution in [0.3, 0.4) is 0 Å². The number of fused-ring (bicyclic) bond motifs is 2. The van der Waals surface area contributed by atoms with Crippen LogP contribution >= 0.6 is 0 Å². The smallest absolute Gasteiger partial charge is 0.0818 e. The molecule has 6 aromatic carbocycles. The first kappa shape index (κ1) is 37.0. The van der Waals surface area contributed by atoms with Gasteiger partial charge in [0.2, 0.25) is 0 Å². The van der Waals surface area contributed by atoms with Crippen molar-refractivity contribution in [2.24, 2.45) is 0 Å². The molecule has 51 heavy (non-hydrogen) atoms. The summed E-state index contributed by atoms with van der Waals surface area (Å²) in [4.78, 5) is 8.89. The van der Waals surface area contributed by atoms with E-state index in [2.05, 4.69) is 46.4 Å². The average Bonchev–Trinajstić information content (AvgIpc) is 3.19. The second-order valence-corrected chi connectivity index (χ2v) is 11.9. The van der Waals surface area contributed by atoms with Gasteiger partial charge in [0.1, 0.15) is 0 Å². The summed E-state index contributed by atoms with van der Waals surface area (Å²) in [5.74, 6) is 0. The molecule has 255 valence electrons. The van der Waals surface area contributed by atoms with Crippen molar-refractivity contribution in [3.8, 4) is 22.5 Å². The summed E-state index contributed by atoms with van der Waals surface area (Å²) in [6.45, 7) is 2.01. The zero-order chi connectivity index (χ0) is 34.5. The van der Waals surface area contributed by atoms with E-state index in [9.17, 15) is 10.2 Å². The van der Waals surface area contributed by atoms with Gasteiger partial charge in [-0.05, 0) is 63.1 Å². The third-order valence-corrected chi connectivity index (χ3v) is 8.37. The van der Waals surface area contributed by atoms with Gasteiger partial charge in [-0.3, -0.25) is 0 Å². The second kappa shape index (κ2) is 18.6. The summed E-state index contributed by atoms with van der Waals surface area (Å²) in [5, 5.41) is 24.9. The van der Waals surface area contributed by atoms with Crippen molar-refractivity contribution in [2.75, 3.05) is 0 Å². The van der Waals surface area contributed by atoms with Crippen LogP contribution < -0.4 is 0 Å². The van der Waals surface area contributed by atoms with Crippen molar-refractivity contribution >= 4 is 21.5 Å². The Labute approximate surface area is 313 Å². The Kier molecular flexibility index (Phi) is 13.5. The van der Waals surface area contributed by atoms with E-state index in [4.69, 9.17) is 0 Å². The van der Waals surface area contributed by atoms with Gasteiger partial charge in [0.05, 0.1) is 12.2 Å². The normalized spacial score (nSPS) is 11.6. The molecule has 0 aliphatic carbocycles. The number of aromatic nitrogens is 2. The molecule has 8 rings (SSSR count). The fourth-order valence-electron chi connectivity index (χ4n) is 5.70. The Morgan fingerprint density at radius 2 is 0.922 bits per heavy atom. The molecule has 2 heterocycles. The van der Waals surface area contributed by atoms with Crippen LogP contribution in [0.25, 0.3) is 44.1 Å². The third-order valence-electron chi connectivity index (χ3n) is 8.37. The van der Waals surface area contributed by atoms with E-state index < -0.39 is 12.2 Å². The fraction of sp³-hybridized carbons (Fsp3) is 0.0870. The van der Waals surface area contributed by atoms with Gasteiger partial charge in [-0.15, -0.1) is 71.8 Å². The van der Waals surface area contributed by atoms with Crippen LogP contribution in [-0.4, -0.2) is 20.2 Å². The van der Waals surface area contributed by atoms with Gasteiger partial charge in [0.25, 0.3) is 0 Å². The Morgan fingerprint density at radius 1 is 0.490 bits per heavy atom. The Morgan fingerprint density at radius 3 is 1.39 bits per heavy atom. The topological polar surface area (TPSA) is 66.2 Å². The maximum Gasteiger partial charge on any atom is 0.0818 e. The van der Waals surface area contributed by atoms with Crippen molar-refractivity contribution in [1.82, 2.24) is 9.97 Å². The van der Waals surface area contributed by atoms with Crippen molar-refractivity contribution < 1.29 is 30.3 Å². The molecule has 8 aromatic rings. The van der Waals surface area contributed by atoms with Crippen LogP contribution in [0.4, 0.5) is 0 Å². The minimum Gasteiger partial charge on any atom is -0.388 e. The number of benzene rings is 6. The summed E-state index contributed by atoms with van der Waals surface area (Å²) in [6.07, 6.45) is 2.73. The first-order valence-electron chi connectivity index (χ1n) is 16.7. The van der Waals surface area contributed by atoms with Gasteiger partial charge >= 0.3 is 0 Å². The molecular weight excluding hydrogens is 805 g/mol. The minimum atomic E-state index is -0.638. The largest absolute Gasteiger partial charge is 0.388 e. The predicted molar refractivity (Wildman–Crippen MR) is 204 cm³/mol. The molecule has 5 heteroatoms. The maximum atomic E-state index is 10.1. The summed E-state index contributed by atoms with van der Waals surface area (Å²) in [6, 6.07) is 60.0. The number of pyridine rings is 2. The monoisotopic (exact) mass is 843 g/mol. The van der Waals surface area contributed by atoms with Crippen LogP contribution in [-0.2, 0) is 20.1 Å². The molecule has 2 unspecified atom stereocenters. The fourth-order valence-corrected chi connectivity index (χ4v) is 5.70. The van der Waals surface area contributed by atoms with E-state index in [1.165, 1.54) is 21.5 Å². The number of hydrogen-bond acceptors (Lipinski definition) is 4. The van der Waals surface area contributed by atoms with Gasteiger partial charge in [-0.25, -0.2) is 0 Å². The zero-order valence-electron chi connectivity index (χ0n) is 28.2. The molecule has 2 N–H and O–H groups in total. The molecule has 2 atom stereocenters. The van der Waals surface area contributed by atoms with Crippen molar-refractivity contribution in [3.63, 3.8) is 0 Å². The molecule has 0 saturated carbocycles. The SMILES string of the molecule is Cc1ccc(C(O)CC(O)c2ccccc2)cc1.[Ir].[c-]1ccccc1-c1nccc2ccccc12.[c-]1ccccc1-c1nccc2ccccc12. The summed E-state index contributed by atoms with van der Waals surface area (Å²) >= 11 is 0. The molecule has 0 aliphatic heterocycles. The second-order valence-electron chi connectivity index (χ2n) is 11.9. The molecule has 0 spiro atoms. The van der Waals surface area contributed by atoms with Gasteiger partial charge in [0.15, 0.2) is 0 Å². The number of nitrogens with zero attached hydrogens (tertiary/aromatic N) is 2. The minimum absolute atomic E-state index is 0. The van der Waals surface area contributed by atoms with Crippen LogP contribution in [0, 0.1) is 19.1 Å². The molecule has 4 nitrogen and oxygen atoms in total. The Bertz CT molecular complexity index is 2100. The van der Waals surface area contributed by atoms with Crippen molar-refractivity contribution in [1.29, 1.82) is 0 Å². The maximum absolute atomic E-state index is 10.1. The molecule has 1 radical (unpaired) electrons. The average molecular weight is 843 g/mol. The van der Waals surface area contributed by atoms with Gasteiger partial charge in [-0.2, -0.15) is 0 Å². The molecule has 0 fully saturated rings. The van der Waals surface area contributed by atoms with E-state index in [1.54, 1.807) is 0 Å². The third kappa shape index (κ3) is 9.91. The molecule has 0 aliphatic rings. The number of aliphatic hydroxyl groups is 2. The summed E-state index contributed by atoms with van der Waals surface area (Å²) in [5.41, 5.74) is 6.92. The molecule has 0 amide bonds. The molecule has 0 bridgehead atoms. The quantitative estimate of drug-likeness (QED) is 0.164. The van der Waals surface area contributed by atoms with Crippen LogP contribution in [0.15, 0.2) is 176 Å². The Hall–Kier alpha value is -5.29. The first-order chi connectivity index (χ1) is 24.6. The predicted octanol–water partition coefficient (Wildman–Crippen LogP) is 10.6. The first-order valence-corrected chi connectivity index (χ1v) is 16.7. The van der Waals surface area contributed by atoms with E-state index in [0.717, 1.165) is 39.2 Å². The molecule has 0 saturated heterocycles. The molecule has 2 aromatic heterocycles. The summed E-state index contributed by atoms with van der Waals surface area (Å²) in [7, 11) is 0. The summed E-state index contributed by atoms with van der Waals surface area (Å²) < 4.78 is 0.